The highest BCUT2D eigenvalue weighted by atomic mass is 16.2. The quantitative estimate of drug-likeness (QED) is 0.719. The molecule has 1 aromatic carbocycles. The highest BCUT2D eigenvalue weighted by Gasteiger charge is 2.07. The second-order valence-electron chi connectivity index (χ2n) is 3.50. The summed E-state index contributed by atoms with van der Waals surface area (Å²) in [5.41, 5.74) is 3.89. The van der Waals surface area contributed by atoms with Crippen LogP contribution in [0, 0.1) is 0 Å². The van der Waals surface area contributed by atoms with Gasteiger partial charge in [-0.3, -0.25) is 0 Å². The van der Waals surface area contributed by atoms with Gasteiger partial charge in [-0.15, -0.1) is 0 Å². The van der Waals surface area contributed by atoms with Crippen LogP contribution < -0.4 is 5.32 Å². The third kappa shape index (κ3) is 1.83. The molecular formula is C11H15NO. The van der Waals surface area contributed by atoms with Crippen molar-refractivity contribution in [2.75, 3.05) is 18.5 Å². The van der Waals surface area contributed by atoms with Crippen molar-refractivity contribution in [2.24, 2.45) is 0 Å². The Morgan fingerprint density at radius 2 is 2.31 bits per heavy atom. The molecule has 0 amide bonds. The number of aliphatic hydroxyl groups is 1. The van der Waals surface area contributed by atoms with Gasteiger partial charge in [0.1, 0.15) is 0 Å². The number of hydrogen-bond donors (Lipinski definition) is 2. The van der Waals surface area contributed by atoms with Crippen molar-refractivity contribution in [1.29, 1.82) is 0 Å². The predicted octanol–water partition coefficient (Wildman–Crippen LogP) is 1.58. The maximum atomic E-state index is 8.80. The van der Waals surface area contributed by atoms with Gasteiger partial charge in [0, 0.05) is 18.8 Å². The molecule has 0 saturated heterocycles. The van der Waals surface area contributed by atoms with Crippen LogP contribution in [0.5, 0.6) is 0 Å². The summed E-state index contributed by atoms with van der Waals surface area (Å²) in [7, 11) is 0. The van der Waals surface area contributed by atoms with E-state index < -0.39 is 0 Å². The molecule has 70 valence electrons. The van der Waals surface area contributed by atoms with E-state index in [0.29, 0.717) is 0 Å². The summed E-state index contributed by atoms with van der Waals surface area (Å²) in [5.74, 6) is 0. The first-order chi connectivity index (χ1) is 6.40. The van der Waals surface area contributed by atoms with E-state index >= 15 is 0 Å². The van der Waals surface area contributed by atoms with Gasteiger partial charge in [-0.05, 0) is 36.5 Å². The lowest BCUT2D eigenvalue weighted by atomic mass is 10.0. The standard InChI is InChI=1S/C11H15NO/c13-7-5-9-3-4-10-2-1-6-12-11(10)8-9/h3-4,8,12-13H,1-2,5-7H2. The number of fused-ring (bicyclic) bond motifs is 1. The molecule has 0 saturated carbocycles. The molecule has 2 nitrogen and oxygen atoms in total. The van der Waals surface area contributed by atoms with Gasteiger partial charge in [-0.2, -0.15) is 0 Å². The maximum absolute atomic E-state index is 8.80. The molecule has 0 atom stereocenters. The highest BCUT2D eigenvalue weighted by molar-refractivity contribution is 5.54. The number of nitrogens with one attached hydrogen (secondary N) is 1. The van der Waals surface area contributed by atoms with Gasteiger partial charge >= 0.3 is 0 Å². The largest absolute Gasteiger partial charge is 0.396 e. The topological polar surface area (TPSA) is 32.3 Å². The van der Waals surface area contributed by atoms with Gasteiger partial charge in [0.2, 0.25) is 0 Å². The number of hydrogen-bond acceptors (Lipinski definition) is 2. The Balaban J connectivity index is 2.24. The number of rotatable bonds is 2. The smallest absolute Gasteiger partial charge is 0.0471 e. The Hall–Kier alpha value is -1.02. The third-order valence-electron chi connectivity index (χ3n) is 2.51. The van der Waals surface area contributed by atoms with E-state index in [1.165, 1.54) is 29.7 Å². The highest BCUT2D eigenvalue weighted by Crippen LogP contribution is 2.22. The van der Waals surface area contributed by atoms with Crippen molar-refractivity contribution >= 4 is 5.69 Å². The van der Waals surface area contributed by atoms with Gasteiger partial charge in [0.05, 0.1) is 0 Å². The molecule has 1 heterocycles. The molecule has 0 unspecified atom stereocenters. The normalized spacial score (nSPS) is 14.8. The van der Waals surface area contributed by atoms with E-state index in [4.69, 9.17) is 5.11 Å². The van der Waals surface area contributed by atoms with Crippen molar-refractivity contribution in [2.45, 2.75) is 19.3 Å². The first-order valence-corrected chi connectivity index (χ1v) is 4.86. The Morgan fingerprint density at radius 3 is 3.15 bits per heavy atom. The van der Waals surface area contributed by atoms with Crippen LogP contribution in [0.3, 0.4) is 0 Å². The molecule has 2 heteroatoms. The molecule has 1 aliphatic heterocycles. The van der Waals surface area contributed by atoms with Crippen LogP contribution >= 0.6 is 0 Å². The molecule has 0 bridgehead atoms. The second kappa shape index (κ2) is 3.79. The molecule has 0 fully saturated rings. The lowest BCUT2D eigenvalue weighted by Crippen LogP contribution is -2.11. The Kier molecular flexibility index (Phi) is 2.50. The fraction of sp³-hybridized carbons (Fsp3) is 0.455. The van der Waals surface area contributed by atoms with Crippen molar-refractivity contribution in [1.82, 2.24) is 0 Å². The first-order valence-electron chi connectivity index (χ1n) is 4.86. The SMILES string of the molecule is OCCc1ccc2c(c1)NCCC2. The van der Waals surface area contributed by atoms with Crippen molar-refractivity contribution in [3.05, 3.63) is 29.3 Å². The van der Waals surface area contributed by atoms with Crippen molar-refractivity contribution in [3.8, 4) is 0 Å². The fourth-order valence-corrected chi connectivity index (χ4v) is 1.79. The number of aryl methyl sites for hydroxylation is 1. The van der Waals surface area contributed by atoms with Crippen LogP contribution in [-0.2, 0) is 12.8 Å². The Morgan fingerprint density at radius 1 is 1.38 bits per heavy atom. The lowest BCUT2D eigenvalue weighted by Gasteiger charge is -2.18. The third-order valence-corrected chi connectivity index (χ3v) is 2.51. The molecule has 13 heavy (non-hydrogen) atoms. The van der Waals surface area contributed by atoms with Crippen molar-refractivity contribution < 1.29 is 5.11 Å². The van der Waals surface area contributed by atoms with Gasteiger partial charge < -0.3 is 10.4 Å². The molecule has 2 N–H and O–H groups in total. The lowest BCUT2D eigenvalue weighted by molar-refractivity contribution is 0.299. The summed E-state index contributed by atoms with van der Waals surface area (Å²) < 4.78 is 0. The molecule has 0 aliphatic carbocycles. The molecule has 0 spiro atoms. The average Bonchev–Trinajstić information content (AvgIpc) is 2.18. The summed E-state index contributed by atoms with van der Waals surface area (Å²) in [4.78, 5) is 0. The maximum Gasteiger partial charge on any atom is 0.0471 e. The monoisotopic (exact) mass is 177 g/mol. The molecule has 1 aliphatic rings. The van der Waals surface area contributed by atoms with Crippen LogP contribution in [0.4, 0.5) is 5.69 Å². The number of anilines is 1. The van der Waals surface area contributed by atoms with E-state index in [-0.39, 0.29) is 6.61 Å². The fourth-order valence-electron chi connectivity index (χ4n) is 1.79. The van der Waals surface area contributed by atoms with Gasteiger partial charge in [-0.25, -0.2) is 0 Å². The van der Waals surface area contributed by atoms with Crippen LogP contribution in [0.1, 0.15) is 17.5 Å². The van der Waals surface area contributed by atoms with Crippen LogP contribution in [0.15, 0.2) is 18.2 Å². The molecule has 1 aromatic rings. The zero-order chi connectivity index (χ0) is 9.10. The molecule has 0 aromatic heterocycles. The van der Waals surface area contributed by atoms with Crippen LogP contribution in [-0.4, -0.2) is 18.3 Å². The Bertz CT molecular complexity index is 296. The molecule has 0 radical (unpaired) electrons. The van der Waals surface area contributed by atoms with E-state index in [0.717, 1.165) is 13.0 Å². The van der Waals surface area contributed by atoms with Crippen LogP contribution in [0.2, 0.25) is 0 Å². The number of benzene rings is 1. The zero-order valence-electron chi connectivity index (χ0n) is 7.71. The van der Waals surface area contributed by atoms with Gasteiger partial charge in [0.25, 0.3) is 0 Å². The predicted molar refractivity (Wildman–Crippen MR) is 54.0 cm³/mol. The Labute approximate surface area is 78.6 Å². The number of aliphatic hydroxyl groups excluding tert-OH is 1. The summed E-state index contributed by atoms with van der Waals surface area (Å²) in [6, 6.07) is 6.44. The minimum absolute atomic E-state index is 0.235. The zero-order valence-corrected chi connectivity index (χ0v) is 7.71. The summed E-state index contributed by atoms with van der Waals surface area (Å²) >= 11 is 0. The second-order valence-corrected chi connectivity index (χ2v) is 3.50. The molecular weight excluding hydrogens is 162 g/mol. The van der Waals surface area contributed by atoms with E-state index in [9.17, 15) is 0 Å². The summed E-state index contributed by atoms with van der Waals surface area (Å²) in [6.07, 6.45) is 3.17. The van der Waals surface area contributed by atoms with Gasteiger partial charge in [-0.1, -0.05) is 12.1 Å². The van der Waals surface area contributed by atoms with Gasteiger partial charge in [0.15, 0.2) is 0 Å². The summed E-state index contributed by atoms with van der Waals surface area (Å²) in [6.45, 7) is 1.31. The molecule has 2 rings (SSSR count). The minimum atomic E-state index is 0.235. The van der Waals surface area contributed by atoms with E-state index in [2.05, 4.69) is 23.5 Å². The first kappa shape index (κ1) is 8.57. The van der Waals surface area contributed by atoms with E-state index in [1.54, 1.807) is 0 Å². The van der Waals surface area contributed by atoms with E-state index in [1.807, 2.05) is 0 Å². The van der Waals surface area contributed by atoms with Crippen molar-refractivity contribution in [3.63, 3.8) is 0 Å². The van der Waals surface area contributed by atoms with Crippen LogP contribution in [0.25, 0.3) is 0 Å². The minimum Gasteiger partial charge on any atom is -0.396 e. The average molecular weight is 177 g/mol. The summed E-state index contributed by atoms with van der Waals surface area (Å²) in [5, 5.41) is 12.2.